The molecule has 0 amide bonds. The van der Waals surface area contributed by atoms with E-state index in [2.05, 4.69) is 190 Å². The topological polar surface area (TPSA) is 38.7 Å². The van der Waals surface area contributed by atoms with Gasteiger partial charge in [-0.25, -0.2) is 0 Å². The van der Waals surface area contributed by atoms with Crippen LogP contribution in [0.25, 0.3) is 108 Å². The fourth-order valence-corrected chi connectivity index (χ4v) is 12.3. The van der Waals surface area contributed by atoms with Crippen LogP contribution in [0.5, 0.6) is 0 Å². The molecule has 11 aromatic rings. The molecule has 0 atom stereocenters. The molecule has 1 aliphatic rings. The Morgan fingerprint density at radius 3 is 1.92 bits per heavy atom. The van der Waals surface area contributed by atoms with Gasteiger partial charge in [0.25, 0.3) is 0 Å². The summed E-state index contributed by atoms with van der Waals surface area (Å²) in [6.07, 6.45) is 0.840. The van der Waals surface area contributed by atoms with Gasteiger partial charge in [0.2, 0.25) is 0 Å². The van der Waals surface area contributed by atoms with Crippen LogP contribution < -0.4 is 0 Å². The molecule has 0 radical (unpaired) electrons. The molecule has 12 rings (SSSR count). The molecule has 0 N–H and O–H groups in total. The van der Waals surface area contributed by atoms with Gasteiger partial charge in [-0.1, -0.05) is 30.3 Å². The molecule has 0 saturated heterocycles. The summed E-state index contributed by atoms with van der Waals surface area (Å²) in [4.78, 5) is 0. The van der Waals surface area contributed by atoms with E-state index in [4.69, 9.17) is 15.4 Å². The quantitative estimate of drug-likeness (QED) is 0.128. The van der Waals surface area contributed by atoms with E-state index in [1.165, 1.54) is 80.1 Å². The Morgan fingerprint density at radius 2 is 1.10 bits per heavy atom. The molecule has 4 heteroatoms. The van der Waals surface area contributed by atoms with Crippen LogP contribution in [0, 0.1) is 13.8 Å². The van der Waals surface area contributed by atoms with Gasteiger partial charge in [0.15, 0.2) is 0 Å². The van der Waals surface area contributed by atoms with Gasteiger partial charge < -0.3 is 0 Å². The molecule has 0 bridgehead atoms. The Labute approximate surface area is 354 Å². The molecule has 282 valence electrons. The van der Waals surface area contributed by atoms with Crippen LogP contribution in [0.15, 0.2) is 176 Å². The van der Waals surface area contributed by atoms with Crippen LogP contribution in [0.2, 0.25) is 0 Å². The predicted octanol–water partition coefficient (Wildman–Crippen LogP) is 14.1. The third kappa shape index (κ3) is 5.31. The number of aromatic nitrogens is 3. The summed E-state index contributed by atoms with van der Waals surface area (Å²) in [5.41, 5.74) is 18.6. The Kier molecular flexibility index (Phi) is 8.06. The van der Waals surface area contributed by atoms with E-state index < -0.39 is 0 Å². The number of rotatable bonds is 5. The van der Waals surface area contributed by atoms with Crippen molar-refractivity contribution in [3.8, 4) is 67.0 Å². The summed E-state index contributed by atoms with van der Waals surface area (Å²) in [7, 11) is 0. The van der Waals surface area contributed by atoms with Crippen molar-refractivity contribution in [2.75, 3.05) is 0 Å². The zero-order valence-corrected chi connectivity index (χ0v) is 34.9. The molecular formula is C56H37N3Se. The van der Waals surface area contributed by atoms with E-state index in [0.29, 0.717) is 0 Å². The van der Waals surface area contributed by atoms with E-state index in [9.17, 15) is 0 Å². The van der Waals surface area contributed by atoms with Crippen molar-refractivity contribution in [1.29, 1.82) is 0 Å². The van der Waals surface area contributed by atoms with Crippen LogP contribution in [0.1, 0.15) is 22.3 Å². The minimum absolute atomic E-state index is 0.159. The molecular weight excluding hydrogens is 794 g/mol. The summed E-state index contributed by atoms with van der Waals surface area (Å²) in [6, 6.07) is 64.3. The minimum atomic E-state index is 0.159. The summed E-state index contributed by atoms with van der Waals surface area (Å²) >= 11 is 0.159. The maximum atomic E-state index is 5.24. The van der Waals surface area contributed by atoms with Crippen molar-refractivity contribution in [1.82, 2.24) is 15.4 Å². The number of nitrogens with zero attached hydrogens (tertiary/aromatic N) is 3. The second-order valence-electron chi connectivity index (χ2n) is 16.0. The van der Waals surface area contributed by atoms with Gasteiger partial charge in [-0.3, -0.25) is 0 Å². The molecule has 60 heavy (non-hydrogen) atoms. The van der Waals surface area contributed by atoms with E-state index in [0.717, 1.165) is 56.4 Å². The normalized spacial score (nSPS) is 12.1. The van der Waals surface area contributed by atoms with E-state index in [1.807, 2.05) is 0 Å². The number of hydrogen-bond acceptors (Lipinski definition) is 3. The molecule has 0 saturated carbocycles. The van der Waals surface area contributed by atoms with Gasteiger partial charge in [-0.05, 0) is 0 Å². The zero-order valence-electron chi connectivity index (χ0n) is 33.2. The second kappa shape index (κ2) is 13.8. The first-order chi connectivity index (χ1) is 29.6. The number of aryl methyl sites for hydroxylation is 1. The van der Waals surface area contributed by atoms with Gasteiger partial charge in [0, 0.05) is 0 Å². The summed E-state index contributed by atoms with van der Waals surface area (Å²) in [5, 5.41) is 22.5. The fourth-order valence-electron chi connectivity index (χ4n) is 9.92. The number of fused-ring (bicyclic) bond motifs is 9. The Morgan fingerprint density at radius 1 is 0.433 bits per heavy atom. The Bertz CT molecular complexity index is 3530. The predicted molar refractivity (Wildman–Crippen MR) is 252 cm³/mol. The first-order valence-corrected chi connectivity index (χ1v) is 22.3. The van der Waals surface area contributed by atoms with Crippen LogP contribution in [0.4, 0.5) is 0 Å². The maximum absolute atomic E-state index is 5.24. The first kappa shape index (κ1) is 35.0. The summed E-state index contributed by atoms with van der Waals surface area (Å²) < 4.78 is 2.76. The molecule has 3 nitrogen and oxygen atoms in total. The van der Waals surface area contributed by atoms with Gasteiger partial charge >= 0.3 is 326 Å². The van der Waals surface area contributed by atoms with Crippen molar-refractivity contribution in [2.45, 2.75) is 20.3 Å². The van der Waals surface area contributed by atoms with Gasteiger partial charge in [-0.15, -0.1) is 0 Å². The Hall–Kier alpha value is -6.97. The van der Waals surface area contributed by atoms with E-state index in [1.54, 1.807) is 0 Å². The summed E-state index contributed by atoms with van der Waals surface area (Å²) in [5.74, 6) is 0. The van der Waals surface area contributed by atoms with Crippen molar-refractivity contribution in [2.24, 2.45) is 0 Å². The van der Waals surface area contributed by atoms with E-state index in [-0.39, 0.29) is 14.5 Å². The number of hydrogen-bond donors (Lipinski definition) is 0. The van der Waals surface area contributed by atoms with Crippen molar-refractivity contribution in [3.05, 3.63) is 198 Å². The van der Waals surface area contributed by atoms with Crippen LogP contribution >= 0.6 is 0 Å². The fraction of sp³-hybridized carbons (Fsp3) is 0.0536. The Balaban J connectivity index is 1.26. The van der Waals surface area contributed by atoms with Crippen molar-refractivity contribution in [3.63, 3.8) is 0 Å². The zero-order chi connectivity index (χ0) is 39.9. The average molecular weight is 831 g/mol. The van der Waals surface area contributed by atoms with Crippen LogP contribution in [-0.2, 0) is 6.42 Å². The standard InChI is InChI=1S/C56H37N3Se/c1-33-30-45-39-22-10-9-20-37(39)31-46(45)50(34(33)2)54-55(47-32-38-21-15-26-40(35-16-5-3-6-17-35)51(38)43-24-12-11-23-42(43)47)57-59-58-56(54)53-41(36-18-7-4-8-19-36)28-29-49-52(53)44-25-13-14-27-48(44)60-49/h3-30,32H,31H2,1-2H3. The first-order valence-electron chi connectivity index (χ1n) is 20.6. The molecule has 0 unspecified atom stereocenters. The van der Waals surface area contributed by atoms with Gasteiger partial charge in [0.1, 0.15) is 0 Å². The van der Waals surface area contributed by atoms with E-state index >= 15 is 0 Å². The molecule has 1 aliphatic carbocycles. The van der Waals surface area contributed by atoms with Gasteiger partial charge in [-0.2, -0.15) is 0 Å². The molecule has 0 fully saturated rings. The van der Waals surface area contributed by atoms with Crippen molar-refractivity contribution >= 4 is 55.3 Å². The van der Waals surface area contributed by atoms with Crippen LogP contribution in [-0.4, -0.2) is 29.9 Å². The second-order valence-corrected chi connectivity index (χ2v) is 18.3. The van der Waals surface area contributed by atoms with Crippen molar-refractivity contribution < 1.29 is 0 Å². The molecule has 0 spiro atoms. The number of benzene rings is 9. The molecule has 2 heterocycles. The molecule has 2 aromatic heterocycles. The summed E-state index contributed by atoms with van der Waals surface area (Å²) in [6.45, 7) is 4.55. The molecule has 9 aromatic carbocycles. The SMILES string of the molecule is Cc1cc2c(c(-c3c(-c4cc5cccc(-c6ccccc6)c5c5ccccc45)nnnc3-c3c(-c4ccccc4)ccc4[se]c5ccccc5c34)c1C)Cc1ccccc1-2. The average Bonchev–Trinajstić information content (AvgIpc) is 3.87. The third-order valence-electron chi connectivity index (χ3n) is 12.7. The van der Waals surface area contributed by atoms with Gasteiger partial charge in [0.05, 0.1) is 0 Å². The third-order valence-corrected chi connectivity index (χ3v) is 15.1. The van der Waals surface area contributed by atoms with Crippen LogP contribution in [0.3, 0.4) is 0 Å². The molecule has 0 aliphatic heterocycles. The monoisotopic (exact) mass is 831 g/mol.